The molecule has 1 amide bonds. The van der Waals surface area contributed by atoms with E-state index in [2.05, 4.69) is 17.2 Å². The molecule has 0 aromatic carbocycles. The smallest absolute Gasteiger partial charge is 0.410 e. The van der Waals surface area contributed by atoms with E-state index in [9.17, 15) is 4.79 Å². The third-order valence-electron chi connectivity index (χ3n) is 3.89. The Balaban J connectivity index is 1.75. The summed E-state index contributed by atoms with van der Waals surface area (Å²) in [5, 5.41) is 3.47. The van der Waals surface area contributed by atoms with E-state index in [1.54, 1.807) is 0 Å². The average Bonchev–Trinajstić information content (AvgIpc) is 3.17. The van der Waals surface area contributed by atoms with Gasteiger partial charge in [-0.3, -0.25) is 0 Å². The quantitative estimate of drug-likeness (QED) is 0.784. The van der Waals surface area contributed by atoms with Crippen LogP contribution in [-0.4, -0.2) is 45.3 Å². The highest BCUT2D eigenvalue weighted by atomic mass is 16.6. The summed E-state index contributed by atoms with van der Waals surface area (Å²) in [5.41, 5.74) is -0.435. The zero-order valence-electron chi connectivity index (χ0n) is 15.0. The van der Waals surface area contributed by atoms with Crippen LogP contribution in [0.2, 0.25) is 0 Å². The Morgan fingerprint density at radius 1 is 1.52 bits per heavy atom. The predicted octanol–water partition coefficient (Wildman–Crippen LogP) is 2.86. The molecule has 1 saturated carbocycles. The number of aromatic nitrogens is 2. The first-order valence-corrected chi connectivity index (χ1v) is 8.48. The van der Waals surface area contributed by atoms with Crippen LogP contribution in [0.1, 0.15) is 58.8 Å². The van der Waals surface area contributed by atoms with Crippen LogP contribution < -0.4 is 5.32 Å². The molecule has 130 valence electrons. The predicted molar refractivity (Wildman–Crippen MR) is 90.2 cm³/mol. The highest BCUT2D eigenvalue weighted by molar-refractivity contribution is 5.69. The summed E-state index contributed by atoms with van der Waals surface area (Å²) in [7, 11) is 2.00. The maximum atomic E-state index is 12.3. The van der Waals surface area contributed by atoms with Crippen LogP contribution >= 0.6 is 0 Å². The normalized spacial score (nSPS) is 16.2. The number of nitrogens with one attached hydrogen (secondary N) is 1. The van der Waals surface area contributed by atoms with Crippen LogP contribution in [0.3, 0.4) is 0 Å². The lowest BCUT2D eigenvalue weighted by Gasteiger charge is -2.27. The molecule has 1 heterocycles. The van der Waals surface area contributed by atoms with Gasteiger partial charge in [0, 0.05) is 32.0 Å². The van der Waals surface area contributed by atoms with Crippen molar-refractivity contribution in [3.63, 3.8) is 0 Å². The Labute approximate surface area is 139 Å². The largest absolute Gasteiger partial charge is 0.444 e. The zero-order valence-corrected chi connectivity index (χ0v) is 15.0. The van der Waals surface area contributed by atoms with E-state index in [1.807, 2.05) is 49.7 Å². The molecule has 1 aromatic rings. The van der Waals surface area contributed by atoms with Crippen molar-refractivity contribution in [2.75, 3.05) is 13.1 Å². The minimum atomic E-state index is -0.435. The summed E-state index contributed by atoms with van der Waals surface area (Å²) < 4.78 is 7.53. The number of amides is 1. The SMILES string of the molecule is CC(NCCCN(C(=O)OC(C)(C)C)C1CC1)c1nccn1C. The van der Waals surface area contributed by atoms with Crippen molar-refractivity contribution in [3.8, 4) is 0 Å². The maximum absolute atomic E-state index is 12.3. The summed E-state index contributed by atoms with van der Waals surface area (Å²) in [6.07, 6.45) is 6.67. The molecule has 6 nitrogen and oxygen atoms in total. The highest BCUT2D eigenvalue weighted by Gasteiger charge is 2.34. The fraction of sp³-hybridized carbons (Fsp3) is 0.765. The molecule has 0 saturated heterocycles. The lowest BCUT2D eigenvalue weighted by atomic mass is 10.2. The van der Waals surface area contributed by atoms with Gasteiger partial charge in [-0.1, -0.05) is 0 Å². The molecule has 0 aliphatic heterocycles. The van der Waals surface area contributed by atoms with Crippen molar-refractivity contribution in [1.82, 2.24) is 19.8 Å². The molecular weight excluding hydrogens is 292 g/mol. The Kier molecular flexibility index (Phi) is 5.68. The van der Waals surface area contributed by atoms with E-state index in [4.69, 9.17) is 4.74 Å². The summed E-state index contributed by atoms with van der Waals surface area (Å²) >= 11 is 0. The molecule has 1 atom stereocenters. The lowest BCUT2D eigenvalue weighted by Crippen LogP contribution is -2.39. The standard InChI is InChI=1S/C17H30N4O2/c1-13(15-19-10-12-20(15)5)18-9-6-11-21(14-7-8-14)16(22)23-17(2,3)4/h10,12-14,18H,6-9,11H2,1-5H3. The van der Waals surface area contributed by atoms with Gasteiger partial charge in [0.15, 0.2) is 0 Å². The van der Waals surface area contributed by atoms with Crippen molar-refractivity contribution in [2.24, 2.45) is 7.05 Å². The first-order valence-electron chi connectivity index (χ1n) is 8.48. The van der Waals surface area contributed by atoms with Crippen LogP contribution in [0.15, 0.2) is 12.4 Å². The van der Waals surface area contributed by atoms with Crippen LogP contribution in [0.4, 0.5) is 4.79 Å². The van der Waals surface area contributed by atoms with Crippen molar-refractivity contribution in [3.05, 3.63) is 18.2 Å². The van der Waals surface area contributed by atoms with Gasteiger partial charge in [0.25, 0.3) is 0 Å². The minimum Gasteiger partial charge on any atom is -0.444 e. The molecule has 1 fully saturated rings. The van der Waals surface area contributed by atoms with Gasteiger partial charge in [-0.15, -0.1) is 0 Å². The molecule has 6 heteroatoms. The van der Waals surface area contributed by atoms with Gasteiger partial charge in [-0.25, -0.2) is 9.78 Å². The van der Waals surface area contributed by atoms with Gasteiger partial charge in [0.2, 0.25) is 0 Å². The number of hydrogen-bond acceptors (Lipinski definition) is 4. The molecule has 0 radical (unpaired) electrons. The number of carbonyl (C=O) groups excluding carboxylic acids is 1. The molecular formula is C17H30N4O2. The van der Waals surface area contributed by atoms with Gasteiger partial charge < -0.3 is 19.5 Å². The first-order chi connectivity index (χ1) is 10.8. The third-order valence-corrected chi connectivity index (χ3v) is 3.89. The number of hydrogen-bond donors (Lipinski definition) is 1. The fourth-order valence-electron chi connectivity index (χ4n) is 2.58. The number of nitrogens with zero attached hydrogens (tertiary/aromatic N) is 3. The zero-order chi connectivity index (χ0) is 17.0. The van der Waals surface area contributed by atoms with Gasteiger partial charge in [-0.2, -0.15) is 0 Å². The molecule has 1 aliphatic rings. The second-order valence-corrected chi connectivity index (χ2v) is 7.33. The first kappa shape index (κ1) is 17.8. The Morgan fingerprint density at radius 3 is 2.74 bits per heavy atom. The molecule has 0 spiro atoms. The Hall–Kier alpha value is -1.56. The second-order valence-electron chi connectivity index (χ2n) is 7.33. The maximum Gasteiger partial charge on any atom is 0.410 e. The average molecular weight is 322 g/mol. The Morgan fingerprint density at radius 2 is 2.22 bits per heavy atom. The van der Waals surface area contributed by atoms with E-state index < -0.39 is 5.60 Å². The number of rotatable bonds is 7. The van der Waals surface area contributed by atoms with Crippen LogP contribution in [0.5, 0.6) is 0 Å². The van der Waals surface area contributed by atoms with Gasteiger partial charge >= 0.3 is 6.09 Å². The summed E-state index contributed by atoms with van der Waals surface area (Å²) in [4.78, 5) is 18.5. The molecule has 23 heavy (non-hydrogen) atoms. The van der Waals surface area contributed by atoms with Crippen LogP contribution in [0.25, 0.3) is 0 Å². The highest BCUT2D eigenvalue weighted by Crippen LogP contribution is 2.28. The third kappa shape index (κ3) is 5.53. The fourth-order valence-corrected chi connectivity index (χ4v) is 2.58. The second kappa shape index (κ2) is 7.34. The Bertz CT molecular complexity index is 517. The van der Waals surface area contributed by atoms with E-state index in [0.717, 1.165) is 38.2 Å². The van der Waals surface area contributed by atoms with Crippen LogP contribution in [-0.2, 0) is 11.8 Å². The van der Waals surface area contributed by atoms with Gasteiger partial charge in [0.1, 0.15) is 11.4 Å². The number of ether oxygens (including phenoxy) is 1. The van der Waals surface area contributed by atoms with Crippen molar-refractivity contribution >= 4 is 6.09 Å². The summed E-state index contributed by atoms with van der Waals surface area (Å²) in [6.45, 7) is 9.42. The minimum absolute atomic E-state index is 0.183. The van der Waals surface area contributed by atoms with Crippen molar-refractivity contribution in [1.29, 1.82) is 0 Å². The van der Waals surface area contributed by atoms with Crippen LogP contribution in [0, 0.1) is 0 Å². The molecule has 0 bridgehead atoms. The van der Waals surface area contributed by atoms with Crippen molar-refractivity contribution < 1.29 is 9.53 Å². The van der Waals surface area contributed by atoms with Crippen molar-refractivity contribution in [2.45, 2.75) is 64.6 Å². The number of carbonyl (C=O) groups is 1. The van der Waals surface area contributed by atoms with E-state index >= 15 is 0 Å². The summed E-state index contributed by atoms with van der Waals surface area (Å²) in [5.74, 6) is 1.02. The lowest BCUT2D eigenvalue weighted by molar-refractivity contribution is 0.0231. The topological polar surface area (TPSA) is 59.4 Å². The molecule has 1 unspecified atom stereocenters. The number of aryl methyl sites for hydroxylation is 1. The molecule has 1 N–H and O–H groups in total. The summed E-state index contributed by atoms with van der Waals surface area (Å²) in [6, 6.07) is 0.572. The molecule has 1 aromatic heterocycles. The van der Waals surface area contributed by atoms with Gasteiger partial charge in [-0.05, 0) is 53.5 Å². The number of imidazole rings is 1. The van der Waals surface area contributed by atoms with E-state index in [0.29, 0.717) is 6.04 Å². The molecule has 2 rings (SSSR count). The van der Waals surface area contributed by atoms with Gasteiger partial charge in [0.05, 0.1) is 6.04 Å². The molecule has 1 aliphatic carbocycles. The van der Waals surface area contributed by atoms with E-state index in [-0.39, 0.29) is 12.1 Å². The monoisotopic (exact) mass is 322 g/mol. The van der Waals surface area contributed by atoms with E-state index in [1.165, 1.54) is 0 Å².